The molecule has 1 saturated heterocycles. The van der Waals surface area contributed by atoms with E-state index < -0.39 is 0 Å². The summed E-state index contributed by atoms with van der Waals surface area (Å²) in [6.07, 6.45) is 4.93. The van der Waals surface area contributed by atoms with Crippen LogP contribution in [0.3, 0.4) is 0 Å². The van der Waals surface area contributed by atoms with Crippen molar-refractivity contribution in [2.24, 2.45) is 5.92 Å². The molecule has 0 saturated carbocycles. The average molecular weight is 261 g/mol. The molecule has 19 heavy (non-hydrogen) atoms. The third kappa shape index (κ3) is 4.92. The van der Waals surface area contributed by atoms with Crippen LogP contribution in [-0.2, 0) is 9.53 Å². The number of rotatable bonds is 3. The molecule has 3 nitrogen and oxygen atoms in total. The molecule has 1 rings (SSSR count). The molecule has 0 N–H and O–H groups in total. The van der Waals surface area contributed by atoms with Crippen LogP contribution >= 0.6 is 0 Å². The van der Waals surface area contributed by atoms with Crippen LogP contribution in [0.5, 0.6) is 0 Å². The van der Waals surface area contributed by atoms with E-state index in [9.17, 15) is 4.79 Å². The number of carbonyl (C=O) groups is 1. The van der Waals surface area contributed by atoms with Crippen molar-refractivity contribution in [1.82, 2.24) is 4.90 Å². The fourth-order valence-electron chi connectivity index (χ4n) is 1.97. The van der Waals surface area contributed by atoms with Gasteiger partial charge in [0, 0.05) is 18.2 Å². The molecular formula is C16H23NO2. The second-order valence-electron chi connectivity index (χ2n) is 4.83. The van der Waals surface area contributed by atoms with Gasteiger partial charge < -0.3 is 9.64 Å². The van der Waals surface area contributed by atoms with Crippen molar-refractivity contribution in [3.63, 3.8) is 0 Å². The lowest BCUT2D eigenvalue weighted by atomic mass is 10.1. The maximum absolute atomic E-state index is 12.0. The van der Waals surface area contributed by atoms with Crippen LogP contribution in [0.15, 0.2) is 23.4 Å². The van der Waals surface area contributed by atoms with Gasteiger partial charge in [-0.15, -0.1) is 5.92 Å². The monoisotopic (exact) mass is 261 g/mol. The quantitative estimate of drug-likeness (QED) is 0.577. The molecule has 0 aromatic heterocycles. The van der Waals surface area contributed by atoms with Crippen LogP contribution < -0.4 is 0 Å². The third-order valence-electron chi connectivity index (χ3n) is 3.22. The molecule has 1 heterocycles. The topological polar surface area (TPSA) is 29.5 Å². The zero-order valence-electron chi connectivity index (χ0n) is 12.3. The number of amides is 1. The van der Waals surface area contributed by atoms with Crippen LogP contribution in [0.4, 0.5) is 0 Å². The molecule has 0 radical (unpaired) electrons. The number of ether oxygens (including phenoxy) is 1. The number of nitrogens with zero attached hydrogens (tertiary/aromatic N) is 1. The minimum absolute atomic E-state index is 0.0392. The minimum Gasteiger partial charge on any atom is -0.371 e. The highest BCUT2D eigenvalue weighted by Crippen LogP contribution is 2.16. The Labute approximate surface area is 116 Å². The number of carbonyl (C=O) groups excluding carboxylic acids is 1. The van der Waals surface area contributed by atoms with Gasteiger partial charge in [-0.3, -0.25) is 4.79 Å². The van der Waals surface area contributed by atoms with Gasteiger partial charge in [-0.25, -0.2) is 0 Å². The molecule has 1 aliphatic rings. The van der Waals surface area contributed by atoms with Crippen LogP contribution in [0, 0.1) is 17.8 Å². The average Bonchev–Trinajstić information content (AvgIpc) is 2.58. The molecule has 1 unspecified atom stereocenters. The standard InChI is InChI=1S/C16H23NO2/c1-5-7-13(3)8-9-14(4)17-10-15(6-2)11-19-12-16(17)18/h8-9,15H,6,10-12H2,1-4H3/b13-8-,14-9+. The molecule has 0 aliphatic carbocycles. The summed E-state index contributed by atoms with van der Waals surface area (Å²) in [6, 6.07) is 0. The number of allylic oxidation sites excluding steroid dienone is 4. The van der Waals surface area contributed by atoms with E-state index in [4.69, 9.17) is 4.74 Å². The lowest BCUT2D eigenvalue weighted by Gasteiger charge is -2.23. The largest absolute Gasteiger partial charge is 0.371 e. The van der Waals surface area contributed by atoms with Crippen LogP contribution in [0.25, 0.3) is 0 Å². The summed E-state index contributed by atoms with van der Waals surface area (Å²) < 4.78 is 5.40. The fourth-order valence-corrected chi connectivity index (χ4v) is 1.97. The van der Waals surface area contributed by atoms with Gasteiger partial charge in [0.1, 0.15) is 6.61 Å². The first kappa shape index (κ1) is 15.5. The SMILES string of the molecule is CC#C/C(C)=C\C=C(/C)N1CC(CC)COCC1=O. The predicted molar refractivity (Wildman–Crippen MR) is 77.3 cm³/mol. The first-order chi connectivity index (χ1) is 9.08. The smallest absolute Gasteiger partial charge is 0.252 e. The minimum atomic E-state index is 0.0392. The Morgan fingerprint density at radius 3 is 2.84 bits per heavy atom. The van der Waals surface area contributed by atoms with Crippen molar-refractivity contribution in [3.8, 4) is 11.8 Å². The van der Waals surface area contributed by atoms with Gasteiger partial charge in [-0.05, 0) is 44.9 Å². The Balaban J connectivity index is 2.84. The number of hydrogen-bond donors (Lipinski definition) is 0. The summed E-state index contributed by atoms with van der Waals surface area (Å²) >= 11 is 0. The van der Waals surface area contributed by atoms with Gasteiger partial charge in [-0.2, -0.15) is 0 Å². The molecule has 1 amide bonds. The number of hydrogen-bond acceptors (Lipinski definition) is 2. The molecule has 1 aliphatic heterocycles. The highest BCUT2D eigenvalue weighted by molar-refractivity contribution is 5.79. The first-order valence-electron chi connectivity index (χ1n) is 6.74. The van der Waals surface area contributed by atoms with E-state index in [0.29, 0.717) is 12.5 Å². The van der Waals surface area contributed by atoms with Crippen LogP contribution in [0.2, 0.25) is 0 Å². The van der Waals surface area contributed by atoms with Crippen molar-refractivity contribution in [2.45, 2.75) is 34.1 Å². The van der Waals surface area contributed by atoms with E-state index in [-0.39, 0.29) is 12.5 Å². The summed E-state index contributed by atoms with van der Waals surface area (Å²) in [5.41, 5.74) is 1.94. The van der Waals surface area contributed by atoms with Crippen LogP contribution in [-0.4, -0.2) is 30.6 Å². The Morgan fingerprint density at radius 1 is 1.47 bits per heavy atom. The second kappa shape index (κ2) is 7.81. The summed E-state index contributed by atoms with van der Waals surface area (Å²) in [4.78, 5) is 13.8. The fraction of sp³-hybridized carbons (Fsp3) is 0.562. The second-order valence-corrected chi connectivity index (χ2v) is 4.83. The molecule has 0 spiro atoms. The maximum atomic E-state index is 12.0. The van der Waals surface area contributed by atoms with Gasteiger partial charge in [0.15, 0.2) is 0 Å². The van der Waals surface area contributed by atoms with E-state index in [1.807, 2.05) is 37.8 Å². The molecule has 0 aromatic rings. The Kier molecular flexibility index (Phi) is 6.38. The predicted octanol–water partition coefficient (Wildman–Crippen LogP) is 2.74. The molecule has 0 bridgehead atoms. The zero-order valence-corrected chi connectivity index (χ0v) is 12.3. The molecule has 0 aromatic carbocycles. The van der Waals surface area contributed by atoms with Gasteiger partial charge >= 0.3 is 0 Å². The van der Waals surface area contributed by atoms with E-state index in [0.717, 1.165) is 24.2 Å². The van der Waals surface area contributed by atoms with E-state index in [1.54, 1.807) is 0 Å². The van der Waals surface area contributed by atoms with Gasteiger partial charge in [-0.1, -0.05) is 12.8 Å². The van der Waals surface area contributed by atoms with Crippen molar-refractivity contribution < 1.29 is 9.53 Å². The van der Waals surface area contributed by atoms with Gasteiger partial charge in [0.2, 0.25) is 0 Å². The van der Waals surface area contributed by atoms with Gasteiger partial charge in [0.25, 0.3) is 5.91 Å². The lowest BCUT2D eigenvalue weighted by molar-refractivity contribution is -0.132. The van der Waals surface area contributed by atoms with E-state index in [1.165, 1.54) is 0 Å². The molecule has 1 atom stereocenters. The summed E-state index contributed by atoms with van der Waals surface area (Å²) in [7, 11) is 0. The van der Waals surface area contributed by atoms with E-state index >= 15 is 0 Å². The first-order valence-corrected chi connectivity index (χ1v) is 6.74. The van der Waals surface area contributed by atoms with Crippen molar-refractivity contribution in [2.75, 3.05) is 19.8 Å². The molecule has 3 heteroatoms. The summed E-state index contributed by atoms with van der Waals surface area (Å²) in [6.45, 7) is 9.45. The van der Waals surface area contributed by atoms with Gasteiger partial charge in [0.05, 0.1) is 6.61 Å². The van der Waals surface area contributed by atoms with Crippen molar-refractivity contribution in [1.29, 1.82) is 0 Å². The normalized spacial score (nSPS) is 21.8. The third-order valence-corrected chi connectivity index (χ3v) is 3.22. The Morgan fingerprint density at radius 2 is 2.21 bits per heavy atom. The zero-order chi connectivity index (χ0) is 14.3. The highest BCUT2D eigenvalue weighted by atomic mass is 16.5. The van der Waals surface area contributed by atoms with E-state index in [2.05, 4.69) is 18.8 Å². The summed E-state index contributed by atoms with van der Waals surface area (Å²) in [5, 5.41) is 0. The Hall–Kier alpha value is -1.53. The highest BCUT2D eigenvalue weighted by Gasteiger charge is 2.23. The summed E-state index contributed by atoms with van der Waals surface area (Å²) in [5.74, 6) is 6.29. The molecule has 1 fully saturated rings. The molecular weight excluding hydrogens is 238 g/mol. The molecule has 104 valence electrons. The Bertz CT molecular complexity index is 437. The van der Waals surface area contributed by atoms with Crippen molar-refractivity contribution >= 4 is 5.91 Å². The van der Waals surface area contributed by atoms with Crippen molar-refractivity contribution in [3.05, 3.63) is 23.4 Å². The van der Waals surface area contributed by atoms with Crippen LogP contribution in [0.1, 0.15) is 34.1 Å². The lowest BCUT2D eigenvalue weighted by Crippen LogP contribution is -2.33. The maximum Gasteiger partial charge on any atom is 0.252 e.